The van der Waals surface area contributed by atoms with Crippen LogP contribution in [0.1, 0.15) is 174 Å². The average molecular weight is 469 g/mol. The van der Waals surface area contributed by atoms with Crippen LogP contribution in [0.25, 0.3) is 0 Å². The second-order valence-corrected chi connectivity index (χ2v) is 10.1. The summed E-state index contributed by atoms with van der Waals surface area (Å²) in [5, 5.41) is 0. The number of unbranched alkanes of at least 4 members (excludes halogenated alkanes) is 23. The molecule has 0 heterocycles. The van der Waals surface area contributed by atoms with Gasteiger partial charge in [0, 0.05) is 0 Å². The van der Waals surface area contributed by atoms with Gasteiger partial charge in [-0.25, -0.2) is 4.79 Å². The van der Waals surface area contributed by atoms with Crippen molar-refractivity contribution in [2.45, 2.75) is 174 Å². The first-order chi connectivity index (χ1) is 16.3. The third kappa shape index (κ3) is 29.2. The third-order valence-electron chi connectivity index (χ3n) is 6.69. The predicted molar refractivity (Wildman–Crippen MR) is 144 cm³/mol. The van der Waals surface area contributed by atoms with Crippen LogP contribution >= 0.6 is 0 Å². The number of carbonyl (C=O) groups excluding carboxylic acids is 1. The molecule has 0 saturated heterocycles. The summed E-state index contributed by atoms with van der Waals surface area (Å²) in [6.45, 7) is 5.56. The SMILES string of the molecule is CCCCCCCCCCCCCCCCCOC(=O)OCCCCCCCCCCCC. The molecule has 0 amide bonds. The fourth-order valence-electron chi connectivity index (χ4n) is 4.42. The molecule has 0 saturated carbocycles. The monoisotopic (exact) mass is 468 g/mol. The van der Waals surface area contributed by atoms with Crippen molar-refractivity contribution < 1.29 is 14.3 Å². The van der Waals surface area contributed by atoms with Crippen LogP contribution in [0, 0.1) is 0 Å². The number of rotatable bonds is 27. The molecule has 0 aliphatic carbocycles. The fraction of sp³-hybridized carbons (Fsp3) is 0.967. The van der Waals surface area contributed by atoms with Gasteiger partial charge in [-0.05, 0) is 12.8 Å². The smallest absolute Gasteiger partial charge is 0.434 e. The second kappa shape index (κ2) is 29.3. The van der Waals surface area contributed by atoms with Crippen LogP contribution in [0.5, 0.6) is 0 Å². The molecule has 0 radical (unpaired) electrons. The van der Waals surface area contributed by atoms with Gasteiger partial charge in [-0.15, -0.1) is 0 Å². The van der Waals surface area contributed by atoms with Crippen molar-refractivity contribution in [3.05, 3.63) is 0 Å². The molecule has 0 bridgehead atoms. The molecule has 0 spiro atoms. The Balaban J connectivity index is 3.13. The van der Waals surface area contributed by atoms with Crippen LogP contribution in [-0.4, -0.2) is 19.4 Å². The average Bonchev–Trinajstić information content (AvgIpc) is 2.82. The molecule has 0 atom stereocenters. The molecule has 0 aromatic rings. The van der Waals surface area contributed by atoms with Gasteiger partial charge in [-0.3, -0.25) is 0 Å². The standard InChI is InChI=1S/C30H60O3/c1-3-5-7-9-11-13-15-16-17-18-19-21-23-25-27-29-33-30(31)32-28-26-24-22-20-14-12-10-8-6-4-2/h3-29H2,1-2H3. The van der Waals surface area contributed by atoms with Gasteiger partial charge in [0.2, 0.25) is 0 Å². The molecule has 0 aromatic carbocycles. The molecule has 0 rings (SSSR count). The van der Waals surface area contributed by atoms with Gasteiger partial charge >= 0.3 is 6.16 Å². The summed E-state index contributed by atoms with van der Waals surface area (Å²) in [5.74, 6) is 0. The molecule has 33 heavy (non-hydrogen) atoms. The molecule has 0 aliphatic rings. The number of hydrogen-bond acceptors (Lipinski definition) is 3. The van der Waals surface area contributed by atoms with Crippen molar-refractivity contribution >= 4 is 6.16 Å². The minimum absolute atomic E-state index is 0.476. The molecule has 0 unspecified atom stereocenters. The fourth-order valence-corrected chi connectivity index (χ4v) is 4.42. The van der Waals surface area contributed by atoms with Crippen molar-refractivity contribution in [3.63, 3.8) is 0 Å². The van der Waals surface area contributed by atoms with Crippen LogP contribution in [0.2, 0.25) is 0 Å². The molecule has 3 heteroatoms. The quantitative estimate of drug-likeness (QED) is 0.0888. The van der Waals surface area contributed by atoms with Gasteiger partial charge in [0.15, 0.2) is 0 Å². The highest BCUT2D eigenvalue weighted by Gasteiger charge is 2.03. The molecule has 3 nitrogen and oxygen atoms in total. The minimum atomic E-state index is -0.476. The zero-order valence-corrected chi connectivity index (χ0v) is 22.8. The first kappa shape index (κ1) is 32.3. The largest absolute Gasteiger partial charge is 0.508 e. The minimum Gasteiger partial charge on any atom is -0.434 e. The Bertz CT molecular complexity index is 370. The molecule has 0 fully saturated rings. The number of hydrogen-bond donors (Lipinski definition) is 0. The van der Waals surface area contributed by atoms with E-state index in [1.807, 2.05) is 0 Å². The highest BCUT2D eigenvalue weighted by molar-refractivity contribution is 5.59. The van der Waals surface area contributed by atoms with E-state index in [1.54, 1.807) is 0 Å². The highest BCUT2D eigenvalue weighted by atomic mass is 16.7. The second-order valence-electron chi connectivity index (χ2n) is 10.1. The van der Waals surface area contributed by atoms with Gasteiger partial charge in [0.05, 0.1) is 13.2 Å². The van der Waals surface area contributed by atoms with Gasteiger partial charge in [-0.1, -0.05) is 162 Å². The maximum atomic E-state index is 11.6. The van der Waals surface area contributed by atoms with Crippen molar-refractivity contribution in [2.75, 3.05) is 13.2 Å². The Morgan fingerprint density at radius 3 is 0.818 bits per heavy atom. The first-order valence-electron chi connectivity index (χ1n) is 15.1. The van der Waals surface area contributed by atoms with Gasteiger partial charge in [-0.2, -0.15) is 0 Å². The van der Waals surface area contributed by atoms with Crippen LogP contribution < -0.4 is 0 Å². The molecular weight excluding hydrogens is 408 g/mol. The summed E-state index contributed by atoms with van der Waals surface area (Å²) < 4.78 is 10.4. The van der Waals surface area contributed by atoms with Crippen LogP contribution in [0.4, 0.5) is 4.79 Å². The molecular formula is C30H60O3. The Morgan fingerprint density at radius 1 is 0.364 bits per heavy atom. The number of ether oxygens (including phenoxy) is 2. The maximum Gasteiger partial charge on any atom is 0.508 e. The predicted octanol–water partition coefficient (Wildman–Crippen LogP) is 10.9. The normalized spacial score (nSPS) is 11.1. The Morgan fingerprint density at radius 2 is 0.576 bits per heavy atom. The Labute approximate surface area is 208 Å². The first-order valence-corrected chi connectivity index (χ1v) is 15.1. The third-order valence-corrected chi connectivity index (χ3v) is 6.69. The molecule has 0 N–H and O–H groups in total. The van der Waals surface area contributed by atoms with E-state index in [0.29, 0.717) is 13.2 Å². The molecule has 0 aromatic heterocycles. The van der Waals surface area contributed by atoms with Crippen LogP contribution in [-0.2, 0) is 9.47 Å². The lowest BCUT2D eigenvalue weighted by Crippen LogP contribution is -2.09. The van der Waals surface area contributed by atoms with E-state index >= 15 is 0 Å². The summed E-state index contributed by atoms with van der Waals surface area (Å²) in [4.78, 5) is 11.6. The summed E-state index contributed by atoms with van der Waals surface area (Å²) in [6, 6.07) is 0. The van der Waals surface area contributed by atoms with Gasteiger partial charge in [0.1, 0.15) is 0 Å². The van der Waals surface area contributed by atoms with E-state index in [-0.39, 0.29) is 0 Å². The summed E-state index contributed by atoms with van der Waals surface area (Å²) in [5.41, 5.74) is 0. The zero-order chi connectivity index (χ0) is 24.1. The molecule has 0 aliphatic heterocycles. The summed E-state index contributed by atoms with van der Waals surface area (Å²) >= 11 is 0. The van der Waals surface area contributed by atoms with E-state index < -0.39 is 6.16 Å². The van der Waals surface area contributed by atoms with E-state index in [9.17, 15) is 4.79 Å². The molecule has 198 valence electrons. The highest BCUT2D eigenvalue weighted by Crippen LogP contribution is 2.14. The lowest BCUT2D eigenvalue weighted by Gasteiger charge is -2.07. The van der Waals surface area contributed by atoms with Crippen LogP contribution in [0.3, 0.4) is 0 Å². The Kier molecular flexibility index (Phi) is 28.7. The van der Waals surface area contributed by atoms with Crippen molar-refractivity contribution in [2.24, 2.45) is 0 Å². The van der Waals surface area contributed by atoms with E-state index in [4.69, 9.17) is 9.47 Å². The summed E-state index contributed by atoms with van der Waals surface area (Å²) in [7, 11) is 0. The van der Waals surface area contributed by atoms with E-state index in [2.05, 4.69) is 13.8 Å². The lowest BCUT2D eigenvalue weighted by atomic mass is 10.0. The van der Waals surface area contributed by atoms with Gasteiger partial charge < -0.3 is 9.47 Å². The zero-order valence-electron chi connectivity index (χ0n) is 22.8. The topological polar surface area (TPSA) is 35.5 Å². The maximum absolute atomic E-state index is 11.6. The summed E-state index contributed by atoms with van der Waals surface area (Å²) in [6.07, 6.45) is 32.6. The lowest BCUT2D eigenvalue weighted by molar-refractivity contribution is 0.0529. The van der Waals surface area contributed by atoms with E-state index in [0.717, 1.165) is 25.7 Å². The van der Waals surface area contributed by atoms with E-state index in [1.165, 1.54) is 135 Å². The van der Waals surface area contributed by atoms with Crippen molar-refractivity contribution in [1.29, 1.82) is 0 Å². The van der Waals surface area contributed by atoms with Crippen molar-refractivity contribution in [3.8, 4) is 0 Å². The van der Waals surface area contributed by atoms with Crippen molar-refractivity contribution in [1.82, 2.24) is 0 Å². The van der Waals surface area contributed by atoms with Crippen LogP contribution in [0.15, 0.2) is 0 Å². The van der Waals surface area contributed by atoms with Gasteiger partial charge in [0.25, 0.3) is 0 Å². The Hall–Kier alpha value is -0.730. The number of carbonyl (C=O) groups is 1.